The minimum Gasteiger partial charge on any atom is -0.494 e. The number of hydrogen-bond donors (Lipinski definition) is 1. The van der Waals surface area contributed by atoms with Gasteiger partial charge in [-0.3, -0.25) is 4.90 Å². The number of morpholine rings is 1. The standard InChI is InChI=1S/C28H41NO3/c1-4-5-9-18-32-26-14-12-25(13-15-26)28(30,21-23(2)3)27(24-10-7-6-8-11-24)22-29-16-19-31-20-17-29/h6-8,10-15,23,27,30H,4-5,9,16-22H2,1-3H3/t27-,28+/m1/s1. The lowest BCUT2D eigenvalue weighted by Crippen LogP contribution is -2.45. The van der Waals surface area contributed by atoms with E-state index in [2.05, 4.69) is 62.1 Å². The van der Waals surface area contributed by atoms with Gasteiger partial charge in [0.25, 0.3) is 0 Å². The van der Waals surface area contributed by atoms with Crippen LogP contribution in [0.1, 0.15) is 63.5 Å². The summed E-state index contributed by atoms with van der Waals surface area (Å²) in [5.74, 6) is 1.21. The SMILES string of the molecule is CCCCCOc1ccc([C@@](O)(CC(C)C)[C@H](CN2CCOCC2)c2ccccc2)cc1. The summed E-state index contributed by atoms with van der Waals surface area (Å²) in [6.45, 7) is 11.5. The first kappa shape index (κ1) is 24.8. The lowest BCUT2D eigenvalue weighted by molar-refractivity contribution is -0.0356. The number of ether oxygens (including phenoxy) is 2. The predicted molar refractivity (Wildman–Crippen MR) is 131 cm³/mol. The van der Waals surface area contributed by atoms with Crippen molar-refractivity contribution in [3.63, 3.8) is 0 Å². The van der Waals surface area contributed by atoms with Crippen LogP contribution in [0.25, 0.3) is 0 Å². The van der Waals surface area contributed by atoms with E-state index < -0.39 is 5.60 Å². The molecule has 0 aromatic heterocycles. The van der Waals surface area contributed by atoms with Gasteiger partial charge in [-0.2, -0.15) is 0 Å². The fourth-order valence-electron chi connectivity index (χ4n) is 4.72. The third-order valence-corrected chi connectivity index (χ3v) is 6.41. The number of rotatable bonds is 12. The third-order valence-electron chi connectivity index (χ3n) is 6.41. The number of hydrogen-bond acceptors (Lipinski definition) is 4. The van der Waals surface area contributed by atoms with E-state index in [0.29, 0.717) is 12.3 Å². The van der Waals surface area contributed by atoms with Crippen LogP contribution in [-0.2, 0) is 10.3 Å². The molecule has 0 radical (unpaired) electrons. The second-order valence-electron chi connectivity index (χ2n) is 9.48. The molecule has 2 aromatic rings. The van der Waals surface area contributed by atoms with Crippen molar-refractivity contribution in [2.45, 2.75) is 58.0 Å². The third kappa shape index (κ3) is 6.81. The Hall–Kier alpha value is -1.88. The summed E-state index contributed by atoms with van der Waals surface area (Å²) in [5.41, 5.74) is 1.19. The molecule has 1 fully saturated rings. The van der Waals surface area contributed by atoms with Crippen LogP contribution in [0.2, 0.25) is 0 Å². The molecule has 4 nitrogen and oxygen atoms in total. The van der Waals surface area contributed by atoms with Gasteiger partial charge in [-0.15, -0.1) is 0 Å². The first-order chi connectivity index (χ1) is 15.5. The van der Waals surface area contributed by atoms with E-state index in [1.807, 2.05) is 18.2 Å². The van der Waals surface area contributed by atoms with Crippen LogP contribution in [0.15, 0.2) is 54.6 Å². The topological polar surface area (TPSA) is 41.9 Å². The molecule has 0 spiro atoms. The number of benzene rings is 2. The minimum absolute atomic E-state index is 0.0273. The highest BCUT2D eigenvalue weighted by Gasteiger charge is 2.41. The van der Waals surface area contributed by atoms with E-state index in [0.717, 1.165) is 57.2 Å². The summed E-state index contributed by atoms with van der Waals surface area (Å²) in [6.07, 6.45) is 4.15. The molecule has 0 amide bonds. The maximum absolute atomic E-state index is 12.3. The molecule has 0 bridgehead atoms. The maximum Gasteiger partial charge on any atom is 0.119 e. The lowest BCUT2D eigenvalue weighted by Gasteiger charge is -2.42. The molecule has 32 heavy (non-hydrogen) atoms. The number of unbranched alkanes of at least 4 members (excludes halogenated alkanes) is 2. The van der Waals surface area contributed by atoms with Crippen LogP contribution in [0.5, 0.6) is 5.75 Å². The molecular weight excluding hydrogens is 398 g/mol. The molecule has 2 atom stereocenters. The number of aliphatic hydroxyl groups is 1. The molecule has 3 rings (SSSR count). The van der Waals surface area contributed by atoms with Gasteiger partial charge in [0.1, 0.15) is 5.75 Å². The molecular formula is C28H41NO3. The molecule has 1 saturated heterocycles. The normalized spacial score (nSPS) is 17.8. The quantitative estimate of drug-likeness (QED) is 0.437. The van der Waals surface area contributed by atoms with Crippen molar-refractivity contribution in [1.82, 2.24) is 4.90 Å². The van der Waals surface area contributed by atoms with Crippen LogP contribution >= 0.6 is 0 Å². The Labute approximate surface area is 194 Å². The molecule has 2 aromatic carbocycles. The summed E-state index contributed by atoms with van der Waals surface area (Å²) in [7, 11) is 0. The van der Waals surface area contributed by atoms with Gasteiger partial charge in [-0.05, 0) is 42.0 Å². The van der Waals surface area contributed by atoms with Gasteiger partial charge in [0.05, 0.1) is 25.4 Å². The average Bonchev–Trinajstić information content (AvgIpc) is 2.81. The molecule has 1 aliphatic heterocycles. The van der Waals surface area contributed by atoms with Gasteiger partial charge in [0, 0.05) is 25.6 Å². The van der Waals surface area contributed by atoms with E-state index in [9.17, 15) is 5.11 Å². The summed E-state index contributed by atoms with van der Waals surface area (Å²) in [5, 5.41) is 12.3. The Morgan fingerprint density at radius 3 is 2.31 bits per heavy atom. The Morgan fingerprint density at radius 2 is 1.69 bits per heavy atom. The predicted octanol–water partition coefficient (Wildman–Crippen LogP) is 5.61. The van der Waals surface area contributed by atoms with Gasteiger partial charge in [0.15, 0.2) is 0 Å². The average molecular weight is 440 g/mol. The summed E-state index contributed by atoms with van der Waals surface area (Å²) >= 11 is 0. The van der Waals surface area contributed by atoms with Crippen LogP contribution in [-0.4, -0.2) is 49.5 Å². The van der Waals surface area contributed by atoms with Crippen molar-refractivity contribution in [1.29, 1.82) is 0 Å². The maximum atomic E-state index is 12.3. The highest BCUT2D eigenvalue weighted by Crippen LogP contribution is 2.43. The molecule has 1 N–H and O–H groups in total. The van der Waals surface area contributed by atoms with Crippen LogP contribution in [0, 0.1) is 5.92 Å². The van der Waals surface area contributed by atoms with Crippen molar-refractivity contribution in [2.24, 2.45) is 5.92 Å². The van der Waals surface area contributed by atoms with Gasteiger partial charge in [-0.1, -0.05) is 76.1 Å². The van der Waals surface area contributed by atoms with Gasteiger partial charge in [-0.25, -0.2) is 0 Å². The molecule has 176 valence electrons. The second kappa shape index (κ2) is 12.4. The monoisotopic (exact) mass is 439 g/mol. The lowest BCUT2D eigenvalue weighted by atomic mass is 9.72. The Morgan fingerprint density at radius 1 is 1.00 bits per heavy atom. The zero-order valence-electron chi connectivity index (χ0n) is 20.1. The zero-order chi connectivity index (χ0) is 22.8. The van der Waals surface area contributed by atoms with Gasteiger partial charge in [0.2, 0.25) is 0 Å². The van der Waals surface area contributed by atoms with E-state index in [1.165, 1.54) is 18.4 Å². The van der Waals surface area contributed by atoms with Gasteiger partial charge < -0.3 is 14.6 Å². The first-order valence-corrected chi connectivity index (χ1v) is 12.3. The first-order valence-electron chi connectivity index (χ1n) is 12.3. The Kier molecular flexibility index (Phi) is 9.58. The zero-order valence-corrected chi connectivity index (χ0v) is 20.1. The molecule has 4 heteroatoms. The summed E-state index contributed by atoms with van der Waals surface area (Å²) in [4.78, 5) is 2.43. The van der Waals surface area contributed by atoms with Crippen LogP contribution < -0.4 is 4.74 Å². The molecule has 0 unspecified atom stereocenters. The van der Waals surface area contributed by atoms with Gasteiger partial charge >= 0.3 is 0 Å². The highest BCUT2D eigenvalue weighted by atomic mass is 16.5. The summed E-state index contributed by atoms with van der Waals surface area (Å²) < 4.78 is 11.5. The fourth-order valence-corrected chi connectivity index (χ4v) is 4.72. The largest absolute Gasteiger partial charge is 0.494 e. The van der Waals surface area contributed by atoms with Crippen molar-refractivity contribution in [3.8, 4) is 5.75 Å². The minimum atomic E-state index is -0.964. The number of nitrogens with zero attached hydrogens (tertiary/aromatic N) is 1. The second-order valence-corrected chi connectivity index (χ2v) is 9.48. The smallest absolute Gasteiger partial charge is 0.119 e. The molecule has 1 aliphatic rings. The van der Waals surface area contributed by atoms with Crippen molar-refractivity contribution < 1.29 is 14.6 Å². The van der Waals surface area contributed by atoms with Crippen LogP contribution in [0.3, 0.4) is 0 Å². The highest BCUT2D eigenvalue weighted by molar-refractivity contribution is 5.35. The van der Waals surface area contributed by atoms with Crippen molar-refractivity contribution in [3.05, 3.63) is 65.7 Å². The van der Waals surface area contributed by atoms with Crippen molar-refractivity contribution in [2.75, 3.05) is 39.5 Å². The molecule has 1 heterocycles. The fraction of sp³-hybridized carbons (Fsp3) is 0.571. The molecule has 0 aliphatic carbocycles. The molecule has 0 saturated carbocycles. The summed E-state index contributed by atoms with van der Waals surface area (Å²) in [6, 6.07) is 18.7. The van der Waals surface area contributed by atoms with E-state index >= 15 is 0 Å². The van der Waals surface area contributed by atoms with E-state index in [4.69, 9.17) is 9.47 Å². The van der Waals surface area contributed by atoms with Crippen LogP contribution in [0.4, 0.5) is 0 Å². The Balaban J connectivity index is 1.88. The Bertz CT molecular complexity index is 771. The van der Waals surface area contributed by atoms with E-state index in [-0.39, 0.29) is 5.92 Å². The van der Waals surface area contributed by atoms with Crippen molar-refractivity contribution >= 4 is 0 Å². The van der Waals surface area contributed by atoms with E-state index in [1.54, 1.807) is 0 Å².